The number of nitrogens with zero attached hydrogens (tertiary/aromatic N) is 2. The van der Waals surface area contributed by atoms with Gasteiger partial charge in [-0.05, 0) is 118 Å². The molecule has 2 amide bonds. The lowest BCUT2D eigenvalue weighted by Gasteiger charge is -2.46. The summed E-state index contributed by atoms with van der Waals surface area (Å²) in [6.45, 7) is 9.46. The van der Waals surface area contributed by atoms with Gasteiger partial charge in [0.1, 0.15) is 5.75 Å². The molecule has 2 aliphatic heterocycles. The van der Waals surface area contributed by atoms with Crippen LogP contribution in [0.25, 0.3) is 0 Å². The number of carbonyl (C=O) groups is 2. The molecule has 0 aliphatic carbocycles. The summed E-state index contributed by atoms with van der Waals surface area (Å²) < 4.78 is 6.44. The zero-order valence-corrected chi connectivity index (χ0v) is 25.6. The zero-order chi connectivity index (χ0) is 29.8. The molecular weight excluding hydrogens is 522 g/mol. The molecule has 5 rings (SSSR count). The van der Waals surface area contributed by atoms with Crippen LogP contribution < -0.4 is 20.3 Å². The third-order valence-electron chi connectivity index (χ3n) is 8.98. The van der Waals surface area contributed by atoms with Gasteiger partial charge in [-0.1, -0.05) is 37.6 Å². The number of aryl methyl sites for hydroxylation is 3. The van der Waals surface area contributed by atoms with E-state index in [2.05, 4.69) is 69.0 Å². The molecule has 0 spiro atoms. The summed E-state index contributed by atoms with van der Waals surface area (Å²) in [5.74, 6) is 0.709. The first-order valence-corrected chi connectivity index (χ1v) is 15.6. The number of carbonyl (C=O) groups excluding carboxylic acids is 2. The second-order valence-electron chi connectivity index (χ2n) is 12.1. The lowest BCUT2D eigenvalue weighted by atomic mass is 9.87. The van der Waals surface area contributed by atoms with Crippen molar-refractivity contribution in [2.45, 2.75) is 97.2 Å². The van der Waals surface area contributed by atoms with Gasteiger partial charge in [0.05, 0.1) is 12.1 Å². The molecule has 2 heterocycles. The van der Waals surface area contributed by atoms with Crippen molar-refractivity contribution in [1.82, 2.24) is 0 Å². The first-order valence-electron chi connectivity index (χ1n) is 15.6. The van der Waals surface area contributed by atoms with Crippen molar-refractivity contribution in [3.63, 3.8) is 0 Å². The summed E-state index contributed by atoms with van der Waals surface area (Å²) in [6.07, 6.45) is 7.00. The molecule has 0 aromatic heterocycles. The van der Waals surface area contributed by atoms with E-state index in [1.165, 1.54) is 22.4 Å². The van der Waals surface area contributed by atoms with Crippen LogP contribution in [0, 0.1) is 13.8 Å². The van der Waals surface area contributed by atoms with E-state index in [-0.39, 0.29) is 30.0 Å². The van der Waals surface area contributed by atoms with Crippen LogP contribution in [-0.4, -0.2) is 30.5 Å². The van der Waals surface area contributed by atoms with E-state index < -0.39 is 0 Å². The third kappa shape index (κ3) is 6.33. The third-order valence-corrected chi connectivity index (χ3v) is 8.98. The van der Waals surface area contributed by atoms with Crippen molar-refractivity contribution in [1.29, 1.82) is 0 Å². The average Bonchev–Trinajstić information content (AvgIpc) is 2.97. The van der Waals surface area contributed by atoms with Gasteiger partial charge in [0, 0.05) is 35.9 Å². The van der Waals surface area contributed by atoms with E-state index >= 15 is 0 Å². The fourth-order valence-electron chi connectivity index (χ4n) is 6.68. The van der Waals surface area contributed by atoms with E-state index in [1.54, 1.807) is 0 Å². The van der Waals surface area contributed by atoms with Gasteiger partial charge >= 0.3 is 0 Å². The number of ether oxygens (including phenoxy) is 1. The van der Waals surface area contributed by atoms with Crippen LogP contribution in [0.5, 0.6) is 5.75 Å². The SMILES string of the molecule is CCCC(CCCC(N)=O)Oc1ccc2c(c1)CCCN2C1CC(C)N(C(=O)c2ccc(C)c(C)c2)c2ccccc21. The second kappa shape index (κ2) is 13.0. The Morgan fingerprint density at radius 1 is 1.00 bits per heavy atom. The molecule has 2 N–H and O–H groups in total. The predicted molar refractivity (Wildman–Crippen MR) is 170 cm³/mol. The van der Waals surface area contributed by atoms with Gasteiger partial charge < -0.3 is 20.3 Å². The largest absolute Gasteiger partial charge is 0.490 e. The van der Waals surface area contributed by atoms with E-state index in [4.69, 9.17) is 10.5 Å². The number of para-hydroxylation sites is 1. The highest BCUT2D eigenvalue weighted by Crippen LogP contribution is 2.45. The maximum atomic E-state index is 13.9. The summed E-state index contributed by atoms with van der Waals surface area (Å²) in [5.41, 5.74) is 13.2. The first-order chi connectivity index (χ1) is 20.3. The number of nitrogens with two attached hydrogens (primary N) is 1. The zero-order valence-electron chi connectivity index (χ0n) is 25.6. The number of primary amides is 1. The van der Waals surface area contributed by atoms with Crippen LogP contribution in [0.2, 0.25) is 0 Å². The van der Waals surface area contributed by atoms with Crippen molar-refractivity contribution in [2.75, 3.05) is 16.3 Å². The lowest BCUT2D eigenvalue weighted by molar-refractivity contribution is -0.118. The van der Waals surface area contributed by atoms with Crippen LogP contribution in [0.3, 0.4) is 0 Å². The van der Waals surface area contributed by atoms with Gasteiger partial charge in [0.2, 0.25) is 5.91 Å². The maximum Gasteiger partial charge on any atom is 0.258 e. The van der Waals surface area contributed by atoms with Gasteiger partial charge in [0.15, 0.2) is 0 Å². The fraction of sp³-hybridized carbons (Fsp3) is 0.444. The van der Waals surface area contributed by atoms with Gasteiger partial charge in [-0.25, -0.2) is 0 Å². The molecule has 222 valence electrons. The van der Waals surface area contributed by atoms with Crippen LogP contribution in [0.15, 0.2) is 60.7 Å². The van der Waals surface area contributed by atoms with E-state index in [0.29, 0.717) is 6.42 Å². The Hall–Kier alpha value is -3.80. The van der Waals surface area contributed by atoms with E-state index in [1.807, 2.05) is 29.2 Å². The summed E-state index contributed by atoms with van der Waals surface area (Å²) >= 11 is 0. The highest BCUT2D eigenvalue weighted by atomic mass is 16.5. The Bertz CT molecular complexity index is 1430. The number of hydrogen-bond donors (Lipinski definition) is 1. The van der Waals surface area contributed by atoms with Crippen LogP contribution in [-0.2, 0) is 11.2 Å². The summed E-state index contributed by atoms with van der Waals surface area (Å²) in [5, 5.41) is 0. The summed E-state index contributed by atoms with van der Waals surface area (Å²) in [4.78, 5) is 29.6. The number of amides is 2. The van der Waals surface area contributed by atoms with E-state index in [9.17, 15) is 9.59 Å². The fourth-order valence-corrected chi connectivity index (χ4v) is 6.68. The molecule has 0 bridgehead atoms. The van der Waals surface area contributed by atoms with Crippen molar-refractivity contribution in [3.05, 3.63) is 88.5 Å². The number of benzene rings is 3. The Morgan fingerprint density at radius 3 is 2.57 bits per heavy atom. The predicted octanol–water partition coefficient (Wildman–Crippen LogP) is 7.44. The van der Waals surface area contributed by atoms with Gasteiger partial charge in [-0.3, -0.25) is 9.59 Å². The summed E-state index contributed by atoms with van der Waals surface area (Å²) in [6, 6.07) is 21.2. The molecule has 0 radical (unpaired) electrons. The van der Waals surface area contributed by atoms with Crippen LogP contribution in [0.1, 0.15) is 97.4 Å². The normalized spacial score (nSPS) is 18.7. The monoisotopic (exact) mass is 567 g/mol. The highest BCUT2D eigenvalue weighted by Gasteiger charge is 2.38. The number of hydrogen-bond acceptors (Lipinski definition) is 4. The van der Waals surface area contributed by atoms with Gasteiger partial charge in [-0.15, -0.1) is 0 Å². The molecule has 2 aliphatic rings. The molecule has 6 nitrogen and oxygen atoms in total. The number of rotatable bonds is 10. The Balaban J connectivity index is 1.39. The van der Waals surface area contributed by atoms with Crippen molar-refractivity contribution in [2.24, 2.45) is 5.73 Å². The molecule has 0 saturated heterocycles. The van der Waals surface area contributed by atoms with Crippen molar-refractivity contribution in [3.8, 4) is 5.75 Å². The minimum Gasteiger partial charge on any atom is -0.490 e. The topological polar surface area (TPSA) is 75.9 Å². The van der Waals surface area contributed by atoms with Crippen molar-refractivity contribution >= 4 is 23.2 Å². The molecule has 0 fully saturated rings. The average molecular weight is 568 g/mol. The summed E-state index contributed by atoms with van der Waals surface area (Å²) in [7, 11) is 0. The molecule has 3 atom stereocenters. The molecule has 6 heteroatoms. The minimum absolute atomic E-state index is 0.0576. The number of fused-ring (bicyclic) bond motifs is 2. The van der Waals surface area contributed by atoms with E-state index in [0.717, 1.165) is 74.1 Å². The smallest absolute Gasteiger partial charge is 0.258 e. The highest BCUT2D eigenvalue weighted by molar-refractivity contribution is 6.07. The quantitative estimate of drug-likeness (QED) is 0.276. The Morgan fingerprint density at radius 2 is 1.81 bits per heavy atom. The molecule has 3 unspecified atom stereocenters. The minimum atomic E-state index is -0.254. The number of anilines is 2. The van der Waals surface area contributed by atoms with Crippen LogP contribution >= 0.6 is 0 Å². The van der Waals surface area contributed by atoms with Crippen molar-refractivity contribution < 1.29 is 14.3 Å². The molecule has 0 saturated carbocycles. The Kier molecular flexibility index (Phi) is 9.20. The first kappa shape index (κ1) is 29.7. The molecular formula is C36H45N3O3. The van der Waals surface area contributed by atoms with Crippen LogP contribution in [0.4, 0.5) is 11.4 Å². The standard InChI is InChI=1S/C36H45N3O3/c1-5-10-29(12-8-15-35(37)40)42-30-18-19-32-27(23-30)11-9-20-38(32)34-22-26(4)39(33-14-7-6-13-31(33)34)36(41)28-17-16-24(2)25(3)21-28/h6-7,13-14,16-19,21,23,26,29,34H,5,8-12,15,20,22H2,1-4H3,(H2,37,40). The second-order valence-corrected chi connectivity index (χ2v) is 12.1. The molecule has 42 heavy (non-hydrogen) atoms. The van der Waals surface area contributed by atoms with Gasteiger partial charge in [-0.2, -0.15) is 0 Å². The lowest BCUT2D eigenvalue weighted by Crippen LogP contribution is -2.47. The Labute approximate surface area is 250 Å². The van der Waals surface area contributed by atoms with Gasteiger partial charge in [0.25, 0.3) is 5.91 Å². The maximum absolute atomic E-state index is 13.9. The molecule has 3 aromatic rings. The molecule has 3 aromatic carbocycles.